The Balaban J connectivity index is 2.94. The summed E-state index contributed by atoms with van der Waals surface area (Å²) in [6.45, 7) is 0.168. The van der Waals surface area contributed by atoms with Crippen molar-refractivity contribution < 1.29 is 5.21 Å². The molecule has 8 nitrogen and oxygen atoms in total. The normalized spacial score (nSPS) is 11.7. The topological polar surface area (TPSA) is 94.4 Å². The molecule has 0 saturated carbocycles. The third kappa shape index (κ3) is 1.67. The van der Waals surface area contributed by atoms with E-state index in [0.29, 0.717) is 4.73 Å². The molecule has 1 N–H and O–H groups in total. The van der Waals surface area contributed by atoms with Crippen LogP contribution < -0.4 is 11.2 Å². The van der Waals surface area contributed by atoms with Crippen LogP contribution in [0.2, 0.25) is 0 Å². The van der Waals surface area contributed by atoms with Crippen molar-refractivity contribution in [2.45, 2.75) is 6.54 Å². The van der Waals surface area contributed by atoms with Crippen molar-refractivity contribution in [3.63, 3.8) is 0 Å². The molecule has 0 aromatic carbocycles. The summed E-state index contributed by atoms with van der Waals surface area (Å²) in [5.74, 6) is 0. The Kier molecular flexibility index (Phi) is 3.07. The fourth-order valence-electron chi connectivity index (χ4n) is 1.70. The Morgan fingerprint density at radius 1 is 1.39 bits per heavy atom. The van der Waals surface area contributed by atoms with Gasteiger partial charge in [-0.25, -0.2) is 9.78 Å². The summed E-state index contributed by atoms with van der Waals surface area (Å²) in [4.78, 5) is 27.9. The van der Waals surface area contributed by atoms with Crippen LogP contribution in [-0.2, 0) is 20.6 Å². The first-order valence-corrected chi connectivity index (χ1v) is 5.76. The van der Waals surface area contributed by atoms with E-state index in [2.05, 4.69) is 26.1 Å². The van der Waals surface area contributed by atoms with E-state index in [9.17, 15) is 9.59 Å². The van der Waals surface area contributed by atoms with Gasteiger partial charge in [0.25, 0.3) is 5.56 Å². The second kappa shape index (κ2) is 4.41. The van der Waals surface area contributed by atoms with Crippen LogP contribution in [0.25, 0.3) is 11.2 Å². The molecule has 0 bridgehead atoms. The molecule has 2 rings (SSSR count). The maximum absolute atomic E-state index is 12.1. The minimum atomic E-state index is -0.447. The molecule has 0 atom stereocenters. The highest BCUT2D eigenvalue weighted by atomic mass is 79.9. The van der Waals surface area contributed by atoms with E-state index in [-0.39, 0.29) is 17.7 Å². The van der Waals surface area contributed by atoms with E-state index in [4.69, 9.17) is 5.21 Å². The van der Waals surface area contributed by atoms with Crippen molar-refractivity contribution in [3.8, 4) is 0 Å². The highest BCUT2D eigenvalue weighted by Crippen LogP contribution is 2.15. The molecule has 0 aliphatic rings. The molecule has 0 amide bonds. The maximum atomic E-state index is 12.1. The van der Waals surface area contributed by atoms with Crippen molar-refractivity contribution >= 4 is 33.3 Å². The largest absolute Gasteiger partial charge is 0.411 e. The predicted octanol–water partition coefficient (Wildman–Crippen LogP) is -0.344. The Bertz CT molecular complexity index is 754. The Hall–Kier alpha value is -1.90. The highest BCUT2D eigenvalue weighted by molar-refractivity contribution is 9.10. The van der Waals surface area contributed by atoms with Crippen LogP contribution in [0.5, 0.6) is 0 Å². The molecular weight excluding hydrogens is 306 g/mol. The summed E-state index contributed by atoms with van der Waals surface area (Å²) >= 11 is 3.20. The number of aromatic nitrogens is 4. The number of halogens is 1. The summed E-state index contributed by atoms with van der Waals surface area (Å²) in [7, 11) is 2.93. The van der Waals surface area contributed by atoms with Gasteiger partial charge in [0.1, 0.15) is 0 Å². The molecule has 18 heavy (non-hydrogen) atoms. The van der Waals surface area contributed by atoms with Crippen molar-refractivity contribution in [2.24, 2.45) is 19.3 Å². The monoisotopic (exact) mass is 315 g/mol. The third-order valence-corrected chi connectivity index (χ3v) is 3.25. The molecule has 0 saturated heterocycles. The van der Waals surface area contributed by atoms with Crippen molar-refractivity contribution in [1.82, 2.24) is 18.7 Å². The van der Waals surface area contributed by atoms with Crippen molar-refractivity contribution in [1.29, 1.82) is 0 Å². The first-order valence-electron chi connectivity index (χ1n) is 4.96. The Morgan fingerprint density at radius 2 is 2.06 bits per heavy atom. The summed E-state index contributed by atoms with van der Waals surface area (Å²) in [5, 5.41) is 11.3. The maximum Gasteiger partial charge on any atom is 0.332 e. The van der Waals surface area contributed by atoms with Gasteiger partial charge in [0.15, 0.2) is 15.9 Å². The average molecular weight is 316 g/mol. The van der Waals surface area contributed by atoms with Gasteiger partial charge in [-0.2, -0.15) is 0 Å². The fraction of sp³-hybridized carbons (Fsp3) is 0.333. The van der Waals surface area contributed by atoms with Crippen LogP contribution in [0, 0.1) is 0 Å². The first kappa shape index (κ1) is 12.6. The summed E-state index contributed by atoms with van der Waals surface area (Å²) in [5.41, 5.74) is -0.342. The Labute approximate surface area is 109 Å². The minimum absolute atomic E-state index is 0.168. The van der Waals surface area contributed by atoms with Gasteiger partial charge in [-0.3, -0.25) is 13.9 Å². The van der Waals surface area contributed by atoms with Gasteiger partial charge in [-0.05, 0) is 15.9 Å². The van der Waals surface area contributed by atoms with Crippen LogP contribution in [0.3, 0.4) is 0 Å². The minimum Gasteiger partial charge on any atom is -0.411 e. The van der Waals surface area contributed by atoms with E-state index in [1.807, 2.05) is 0 Å². The van der Waals surface area contributed by atoms with Gasteiger partial charge in [0, 0.05) is 14.1 Å². The van der Waals surface area contributed by atoms with Crippen LogP contribution in [0.1, 0.15) is 0 Å². The van der Waals surface area contributed by atoms with Crippen LogP contribution >= 0.6 is 15.9 Å². The summed E-state index contributed by atoms with van der Waals surface area (Å²) < 4.78 is 4.18. The Morgan fingerprint density at radius 3 is 2.67 bits per heavy atom. The van der Waals surface area contributed by atoms with Gasteiger partial charge < -0.3 is 9.77 Å². The quantitative estimate of drug-likeness (QED) is 0.355. The lowest BCUT2D eigenvalue weighted by molar-refractivity contribution is 0.320. The number of fused-ring (bicyclic) bond motifs is 1. The molecule has 0 spiro atoms. The van der Waals surface area contributed by atoms with Gasteiger partial charge in [0.2, 0.25) is 0 Å². The average Bonchev–Trinajstić information content (AvgIpc) is 2.68. The molecule has 0 unspecified atom stereocenters. The molecule has 0 radical (unpaired) electrons. The number of aryl methyl sites for hydroxylation is 1. The van der Waals surface area contributed by atoms with Gasteiger partial charge in [-0.15, -0.1) is 5.16 Å². The van der Waals surface area contributed by atoms with Gasteiger partial charge in [-0.1, -0.05) is 0 Å². The van der Waals surface area contributed by atoms with Gasteiger partial charge >= 0.3 is 5.69 Å². The number of hydrogen-bond acceptors (Lipinski definition) is 5. The molecule has 0 aliphatic carbocycles. The van der Waals surface area contributed by atoms with E-state index >= 15 is 0 Å². The SMILES string of the molecule is Cn1c(=O)c2c(nc(Br)n2C/C=N\O)n(C)c1=O. The molecule has 2 aromatic rings. The number of imidazole rings is 1. The van der Waals surface area contributed by atoms with Crippen LogP contribution in [0.15, 0.2) is 19.5 Å². The lowest BCUT2D eigenvalue weighted by Gasteiger charge is -2.04. The lowest BCUT2D eigenvalue weighted by atomic mass is 10.5. The van der Waals surface area contributed by atoms with E-state index < -0.39 is 11.2 Å². The third-order valence-electron chi connectivity index (χ3n) is 2.65. The standard InChI is InChI=1S/C9H10BrN5O3/c1-13-6-5(7(16)14(2)9(13)17)15(4-3-11-18)8(10)12-6/h3,18H,4H2,1-2H3/b11-3-. The number of rotatable bonds is 2. The van der Waals surface area contributed by atoms with E-state index in [1.165, 1.54) is 29.4 Å². The van der Waals surface area contributed by atoms with Gasteiger partial charge in [0.05, 0.1) is 12.8 Å². The number of nitrogens with zero attached hydrogens (tertiary/aromatic N) is 5. The molecule has 2 aromatic heterocycles. The first-order chi connectivity index (χ1) is 8.49. The zero-order valence-corrected chi connectivity index (χ0v) is 11.2. The van der Waals surface area contributed by atoms with E-state index in [1.54, 1.807) is 0 Å². The zero-order chi connectivity index (χ0) is 13.4. The second-order valence-corrected chi connectivity index (χ2v) is 4.38. The predicted molar refractivity (Wildman–Crippen MR) is 68.2 cm³/mol. The molecule has 96 valence electrons. The summed E-state index contributed by atoms with van der Waals surface area (Å²) in [6.07, 6.45) is 1.22. The van der Waals surface area contributed by atoms with E-state index in [0.717, 1.165) is 4.57 Å². The fourth-order valence-corrected chi connectivity index (χ4v) is 2.19. The summed E-state index contributed by atoms with van der Waals surface area (Å²) in [6, 6.07) is 0. The van der Waals surface area contributed by atoms with Crippen LogP contribution in [0.4, 0.5) is 0 Å². The smallest absolute Gasteiger partial charge is 0.332 e. The molecule has 0 aliphatic heterocycles. The molecule has 0 fully saturated rings. The zero-order valence-electron chi connectivity index (χ0n) is 9.66. The lowest BCUT2D eigenvalue weighted by Crippen LogP contribution is -2.37. The van der Waals surface area contributed by atoms with Crippen LogP contribution in [-0.4, -0.2) is 30.1 Å². The highest BCUT2D eigenvalue weighted by Gasteiger charge is 2.16. The number of oxime groups is 1. The molecular formula is C9H10BrN5O3. The van der Waals surface area contributed by atoms with Crippen molar-refractivity contribution in [2.75, 3.05) is 0 Å². The molecule has 2 heterocycles. The molecule has 9 heteroatoms. The second-order valence-electron chi connectivity index (χ2n) is 3.67. The van der Waals surface area contributed by atoms with Crippen molar-refractivity contribution in [3.05, 3.63) is 25.6 Å². The number of hydrogen-bond donors (Lipinski definition) is 1.